The fraction of sp³-hybridized carbons (Fsp3) is 0.412. The van der Waals surface area contributed by atoms with Crippen LogP contribution in [0.25, 0.3) is 0 Å². The quantitative estimate of drug-likeness (QED) is 0.743. The van der Waals surface area contributed by atoms with Gasteiger partial charge in [-0.1, -0.05) is 12.8 Å². The minimum absolute atomic E-state index is 0.238. The van der Waals surface area contributed by atoms with E-state index < -0.39 is 5.82 Å². The number of nitrogens with one attached hydrogen (secondary N) is 2. The third-order valence-electron chi connectivity index (χ3n) is 4.19. The number of benzene rings is 1. The van der Waals surface area contributed by atoms with Gasteiger partial charge in [0.1, 0.15) is 5.75 Å². The fourth-order valence-corrected chi connectivity index (χ4v) is 2.95. The average molecular weight is 316 g/mol. The summed E-state index contributed by atoms with van der Waals surface area (Å²) < 4.78 is 13.9. The number of phenols is 1. The molecule has 0 bridgehead atoms. The lowest BCUT2D eigenvalue weighted by atomic mass is 10.1. The zero-order valence-electron chi connectivity index (χ0n) is 13.4. The predicted molar refractivity (Wildman–Crippen MR) is 88.7 cm³/mol. The first-order chi connectivity index (χ1) is 11.0. The van der Waals surface area contributed by atoms with Crippen LogP contribution in [0.4, 0.5) is 21.8 Å². The maximum absolute atomic E-state index is 13.9. The predicted octanol–water partition coefficient (Wildman–Crippen LogP) is 4.04. The van der Waals surface area contributed by atoms with Crippen molar-refractivity contribution in [3.05, 3.63) is 35.3 Å². The molecule has 5 nitrogen and oxygen atoms in total. The fourth-order valence-electron chi connectivity index (χ4n) is 2.95. The van der Waals surface area contributed by atoms with Crippen molar-refractivity contribution in [3.63, 3.8) is 0 Å². The Bertz CT molecular complexity index is 691. The molecule has 0 amide bonds. The molecule has 2 aromatic rings. The number of aromatic nitrogens is 2. The first kappa shape index (κ1) is 15.5. The van der Waals surface area contributed by atoms with Gasteiger partial charge in [0.05, 0.1) is 6.20 Å². The molecular formula is C17H21FN4O. The van der Waals surface area contributed by atoms with Gasteiger partial charge in [0.2, 0.25) is 5.95 Å². The van der Waals surface area contributed by atoms with Crippen molar-refractivity contribution in [1.82, 2.24) is 9.97 Å². The highest BCUT2D eigenvalue weighted by Crippen LogP contribution is 2.27. The van der Waals surface area contributed by atoms with Crippen LogP contribution in [-0.2, 0) is 0 Å². The van der Waals surface area contributed by atoms with Gasteiger partial charge in [0.25, 0.3) is 0 Å². The molecule has 1 saturated carbocycles. The molecule has 0 unspecified atom stereocenters. The summed E-state index contributed by atoms with van der Waals surface area (Å²) in [6.45, 7) is 3.65. The molecular weight excluding hydrogens is 295 g/mol. The third kappa shape index (κ3) is 3.52. The van der Waals surface area contributed by atoms with Crippen LogP contribution < -0.4 is 10.6 Å². The van der Waals surface area contributed by atoms with Crippen LogP contribution in [0.1, 0.15) is 36.8 Å². The van der Waals surface area contributed by atoms with Crippen LogP contribution >= 0.6 is 0 Å². The van der Waals surface area contributed by atoms with E-state index in [1.165, 1.54) is 19.0 Å². The largest absolute Gasteiger partial charge is 0.507 e. The zero-order valence-corrected chi connectivity index (χ0v) is 13.4. The van der Waals surface area contributed by atoms with Gasteiger partial charge in [-0.3, -0.25) is 0 Å². The highest BCUT2D eigenvalue weighted by atomic mass is 19.1. The Labute approximate surface area is 135 Å². The van der Waals surface area contributed by atoms with Gasteiger partial charge in [-0.25, -0.2) is 9.37 Å². The van der Waals surface area contributed by atoms with E-state index in [4.69, 9.17) is 0 Å². The van der Waals surface area contributed by atoms with Crippen LogP contribution in [0.15, 0.2) is 18.3 Å². The van der Waals surface area contributed by atoms with Crippen molar-refractivity contribution < 1.29 is 9.50 Å². The number of rotatable bonds is 4. The number of hydrogen-bond acceptors (Lipinski definition) is 5. The lowest BCUT2D eigenvalue weighted by Crippen LogP contribution is -2.17. The molecule has 1 aliphatic carbocycles. The van der Waals surface area contributed by atoms with Gasteiger partial charge < -0.3 is 15.7 Å². The SMILES string of the molecule is Cc1cc(Nc2ncc(F)c(NC3CCCC3)n2)cc(C)c1O. The topological polar surface area (TPSA) is 70.1 Å². The highest BCUT2D eigenvalue weighted by Gasteiger charge is 2.17. The Balaban J connectivity index is 1.80. The third-order valence-corrected chi connectivity index (χ3v) is 4.19. The molecule has 0 aliphatic heterocycles. The maximum atomic E-state index is 13.9. The second-order valence-corrected chi connectivity index (χ2v) is 6.10. The van der Waals surface area contributed by atoms with Crippen LogP contribution in [0.3, 0.4) is 0 Å². The molecule has 0 atom stereocenters. The molecule has 1 aromatic carbocycles. The number of phenolic OH excluding ortho intramolecular Hbond substituents is 1. The monoisotopic (exact) mass is 316 g/mol. The van der Waals surface area contributed by atoms with Crippen molar-refractivity contribution in [1.29, 1.82) is 0 Å². The summed E-state index contributed by atoms with van der Waals surface area (Å²) >= 11 is 0. The lowest BCUT2D eigenvalue weighted by Gasteiger charge is -2.14. The molecule has 1 aliphatic rings. The van der Waals surface area contributed by atoms with Gasteiger partial charge >= 0.3 is 0 Å². The van der Waals surface area contributed by atoms with Crippen LogP contribution in [-0.4, -0.2) is 21.1 Å². The van der Waals surface area contributed by atoms with Gasteiger partial charge in [0.15, 0.2) is 11.6 Å². The minimum atomic E-state index is -0.444. The number of nitrogens with zero attached hydrogens (tertiary/aromatic N) is 2. The summed E-state index contributed by atoms with van der Waals surface area (Å²) in [4.78, 5) is 8.23. The molecule has 1 fully saturated rings. The van der Waals surface area contributed by atoms with Gasteiger partial charge in [-0.05, 0) is 49.9 Å². The standard InChI is InChI=1S/C17H21FN4O/c1-10-7-13(8-11(2)15(10)23)21-17-19-9-14(18)16(22-17)20-12-5-3-4-6-12/h7-9,12,23H,3-6H2,1-2H3,(H2,19,20,21,22). The van der Waals surface area contributed by atoms with E-state index in [-0.39, 0.29) is 17.6 Å². The second kappa shape index (κ2) is 6.40. The van der Waals surface area contributed by atoms with E-state index in [0.717, 1.165) is 29.7 Å². The zero-order chi connectivity index (χ0) is 16.4. The molecule has 6 heteroatoms. The van der Waals surface area contributed by atoms with Crippen molar-refractivity contribution in [3.8, 4) is 5.75 Å². The van der Waals surface area contributed by atoms with Gasteiger partial charge in [-0.2, -0.15) is 4.98 Å². The van der Waals surface area contributed by atoms with E-state index in [9.17, 15) is 9.50 Å². The van der Waals surface area contributed by atoms with E-state index in [2.05, 4.69) is 20.6 Å². The van der Waals surface area contributed by atoms with Crippen LogP contribution in [0.2, 0.25) is 0 Å². The number of hydrogen-bond donors (Lipinski definition) is 3. The van der Waals surface area contributed by atoms with E-state index in [1.807, 2.05) is 13.8 Å². The molecule has 3 rings (SSSR count). The Kier molecular flexibility index (Phi) is 4.32. The Morgan fingerprint density at radius 3 is 2.48 bits per heavy atom. The minimum Gasteiger partial charge on any atom is -0.507 e. The van der Waals surface area contributed by atoms with E-state index >= 15 is 0 Å². The number of anilines is 3. The molecule has 122 valence electrons. The highest BCUT2D eigenvalue weighted by molar-refractivity contribution is 5.60. The molecule has 1 heterocycles. The summed E-state index contributed by atoms with van der Waals surface area (Å²) in [5.74, 6) is 0.401. The van der Waals surface area contributed by atoms with Crippen molar-refractivity contribution in [2.45, 2.75) is 45.6 Å². The second-order valence-electron chi connectivity index (χ2n) is 6.10. The number of halogens is 1. The Morgan fingerprint density at radius 1 is 1.17 bits per heavy atom. The van der Waals surface area contributed by atoms with Gasteiger partial charge in [0, 0.05) is 11.7 Å². The molecule has 1 aromatic heterocycles. The molecule has 23 heavy (non-hydrogen) atoms. The van der Waals surface area contributed by atoms with E-state index in [0.29, 0.717) is 5.95 Å². The Hall–Kier alpha value is -2.37. The summed E-state index contributed by atoms with van der Waals surface area (Å²) in [7, 11) is 0. The number of aromatic hydroxyl groups is 1. The normalized spacial score (nSPS) is 14.9. The smallest absolute Gasteiger partial charge is 0.229 e. The molecule has 0 spiro atoms. The maximum Gasteiger partial charge on any atom is 0.229 e. The number of aryl methyl sites for hydroxylation is 2. The van der Waals surface area contributed by atoms with Gasteiger partial charge in [-0.15, -0.1) is 0 Å². The van der Waals surface area contributed by atoms with Crippen molar-refractivity contribution in [2.24, 2.45) is 0 Å². The first-order valence-corrected chi connectivity index (χ1v) is 7.89. The van der Waals surface area contributed by atoms with E-state index in [1.54, 1.807) is 12.1 Å². The molecule has 0 radical (unpaired) electrons. The summed E-state index contributed by atoms with van der Waals surface area (Å²) in [5, 5.41) is 16.0. The summed E-state index contributed by atoms with van der Waals surface area (Å²) in [5.41, 5.74) is 2.29. The average Bonchev–Trinajstić information content (AvgIpc) is 3.01. The molecule has 3 N–H and O–H groups in total. The van der Waals surface area contributed by atoms with Crippen LogP contribution in [0.5, 0.6) is 5.75 Å². The summed E-state index contributed by atoms with van der Waals surface area (Å²) in [6, 6.07) is 3.89. The Morgan fingerprint density at radius 2 is 1.83 bits per heavy atom. The first-order valence-electron chi connectivity index (χ1n) is 7.89. The van der Waals surface area contributed by atoms with Crippen molar-refractivity contribution in [2.75, 3.05) is 10.6 Å². The molecule has 0 saturated heterocycles. The van der Waals surface area contributed by atoms with Crippen LogP contribution in [0, 0.1) is 19.7 Å². The lowest BCUT2D eigenvalue weighted by molar-refractivity contribution is 0.467. The summed E-state index contributed by atoms with van der Waals surface area (Å²) in [6.07, 6.45) is 5.60. The van der Waals surface area contributed by atoms with Crippen molar-refractivity contribution >= 4 is 17.5 Å².